The summed E-state index contributed by atoms with van der Waals surface area (Å²) >= 11 is 0. The first-order valence-electron chi connectivity index (χ1n) is 7.25. The Morgan fingerprint density at radius 2 is 2.20 bits per heavy atom. The molecular formula is C15H23N3O2. The van der Waals surface area contributed by atoms with Crippen LogP contribution in [-0.2, 0) is 9.59 Å². The van der Waals surface area contributed by atoms with Crippen LogP contribution < -0.4 is 10.6 Å². The number of aliphatic imine (C=N–C) groups is 1. The normalized spacial score (nSPS) is 32.9. The Balaban J connectivity index is 1.90. The van der Waals surface area contributed by atoms with E-state index >= 15 is 0 Å². The predicted molar refractivity (Wildman–Crippen MR) is 78.6 cm³/mol. The van der Waals surface area contributed by atoms with E-state index in [1.54, 1.807) is 0 Å². The Hall–Kier alpha value is -1.49. The Morgan fingerprint density at radius 1 is 1.45 bits per heavy atom. The maximum absolute atomic E-state index is 11.7. The number of amides is 2. The van der Waals surface area contributed by atoms with Crippen molar-refractivity contribution in [3.05, 3.63) is 12.2 Å². The maximum atomic E-state index is 11.7. The van der Waals surface area contributed by atoms with Crippen molar-refractivity contribution in [3.63, 3.8) is 0 Å². The molecule has 0 bridgehead atoms. The van der Waals surface area contributed by atoms with E-state index in [4.69, 9.17) is 0 Å². The van der Waals surface area contributed by atoms with Crippen molar-refractivity contribution >= 4 is 18.0 Å². The molecule has 1 aliphatic heterocycles. The highest BCUT2D eigenvalue weighted by atomic mass is 16.2. The first-order valence-corrected chi connectivity index (χ1v) is 7.25. The lowest BCUT2D eigenvalue weighted by Crippen LogP contribution is -2.52. The van der Waals surface area contributed by atoms with Crippen LogP contribution in [0.1, 0.15) is 40.0 Å². The molecule has 1 saturated heterocycles. The summed E-state index contributed by atoms with van der Waals surface area (Å²) in [6, 6.07) is 0.107. The summed E-state index contributed by atoms with van der Waals surface area (Å²) in [6.07, 6.45) is 7.83. The number of hydrogen-bond acceptors (Lipinski definition) is 4. The van der Waals surface area contributed by atoms with Crippen LogP contribution in [0.15, 0.2) is 17.1 Å². The Labute approximate surface area is 119 Å². The first kappa shape index (κ1) is 14.9. The zero-order chi connectivity index (χ0) is 14.8. The number of carbonyl (C=O) groups is 2. The van der Waals surface area contributed by atoms with Gasteiger partial charge in [-0.25, -0.2) is 0 Å². The molecule has 2 amide bonds. The molecule has 1 aliphatic carbocycles. The summed E-state index contributed by atoms with van der Waals surface area (Å²) < 4.78 is 0. The molecule has 2 N–H and O–H groups in total. The quantitative estimate of drug-likeness (QED) is 0.586. The number of imide groups is 1. The fourth-order valence-electron chi connectivity index (χ4n) is 2.60. The summed E-state index contributed by atoms with van der Waals surface area (Å²) in [7, 11) is 0. The molecule has 5 nitrogen and oxygen atoms in total. The molecule has 1 saturated carbocycles. The highest BCUT2D eigenvalue weighted by Crippen LogP contribution is 2.48. The molecule has 0 spiro atoms. The van der Waals surface area contributed by atoms with Crippen molar-refractivity contribution in [2.24, 2.45) is 10.4 Å². The number of nitrogens with zero attached hydrogens (tertiary/aromatic N) is 1. The summed E-state index contributed by atoms with van der Waals surface area (Å²) in [5, 5.41) is 5.72. The van der Waals surface area contributed by atoms with E-state index in [2.05, 4.69) is 42.5 Å². The minimum absolute atomic E-state index is 0.0539. The lowest BCUT2D eigenvalue weighted by molar-refractivity contribution is -0.134. The van der Waals surface area contributed by atoms with E-state index in [-0.39, 0.29) is 35.4 Å². The van der Waals surface area contributed by atoms with Gasteiger partial charge in [0.05, 0.1) is 12.1 Å². The Kier molecular flexibility index (Phi) is 4.38. The molecule has 110 valence electrons. The molecule has 2 unspecified atom stereocenters. The number of nitrogens with one attached hydrogen (secondary N) is 2. The summed E-state index contributed by atoms with van der Waals surface area (Å²) in [4.78, 5) is 27.4. The lowest BCUT2D eigenvalue weighted by atomic mass is 10.1. The van der Waals surface area contributed by atoms with Crippen molar-refractivity contribution in [3.8, 4) is 0 Å². The van der Waals surface area contributed by atoms with Gasteiger partial charge in [0.25, 0.3) is 0 Å². The standard InChI is InChI=1S/C15H23N3O2/c1-4-5-6-9-16-12-13(15(12,2)3)17-10-7-8-11(19)18-14(10)20/h5-6,9-10,12-13,17H,4,7-8H2,1-3H3,(H,18,19,20)/b6-5-,16-9?/t10?,12?,13-/m1/s1. The van der Waals surface area contributed by atoms with Gasteiger partial charge in [-0.15, -0.1) is 0 Å². The fraction of sp³-hybridized carbons (Fsp3) is 0.667. The maximum Gasteiger partial charge on any atom is 0.243 e. The van der Waals surface area contributed by atoms with E-state index in [1.807, 2.05) is 12.3 Å². The Morgan fingerprint density at radius 3 is 2.85 bits per heavy atom. The number of allylic oxidation sites excluding steroid dienone is 2. The van der Waals surface area contributed by atoms with Crippen LogP contribution in [0.5, 0.6) is 0 Å². The van der Waals surface area contributed by atoms with E-state index in [0.29, 0.717) is 12.8 Å². The first-order chi connectivity index (χ1) is 9.46. The number of rotatable bonds is 5. The molecule has 3 atom stereocenters. The van der Waals surface area contributed by atoms with Crippen molar-refractivity contribution in [2.75, 3.05) is 0 Å². The van der Waals surface area contributed by atoms with E-state index < -0.39 is 0 Å². The molecule has 20 heavy (non-hydrogen) atoms. The van der Waals surface area contributed by atoms with Gasteiger partial charge in [0.1, 0.15) is 0 Å². The summed E-state index contributed by atoms with van der Waals surface area (Å²) in [5.41, 5.74) is 0.0539. The van der Waals surface area contributed by atoms with Crippen molar-refractivity contribution in [2.45, 2.75) is 58.2 Å². The van der Waals surface area contributed by atoms with Gasteiger partial charge in [-0.1, -0.05) is 26.8 Å². The monoisotopic (exact) mass is 277 g/mol. The zero-order valence-corrected chi connectivity index (χ0v) is 12.3. The van der Waals surface area contributed by atoms with Gasteiger partial charge in [0.2, 0.25) is 11.8 Å². The lowest BCUT2D eigenvalue weighted by Gasteiger charge is -2.22. The highest BCUT2D eigenvalue weighted by molar-refractivity contribution is 6.00. The number of hydrogen-bond donors (Lipinski definition) is 2. The van der Waals surface area contributed by atoms with Crippen LogP contribution in [0.25, 0.3) is 0 Å². The minimum atomic E-state index is -0.275. The van der Waals surface area contributed by atoms with E-state index in [0.717, 1.165) is 6.42 Å². The SMILES string of the molecule is CC/C=C\C=NC1[C@@H](NC2CCC(=O)NC2=O)C1(C)C. The van der Waals surface area contributed by atoms with Gasteiger partial charge in [-0.05, 0) is 18.9 Å². The second-order valence-corrected chi connectivity index (χ2v) is 6.05. The summed E-state index contributed by atoms with van der Waals surface area (Å²) in [6.45, 7) is 6.36. The van der Waals surface area contributed by atoms with Crippen molar-refractivity contribution in [1.82, 2.24) is 10.6 Å². The second-order valence-electron chi connectivity index (χ2n) is 6.05. The molecule has 1 heterocycles. The minimum Gasteiger partial charge on any atom is -0.300 e. The van der Waals surface area contributed by atoms with Crippen molar-refractivity contribution in [1.29, 1.82) is 0 Å². The molecule has 2 rings (SSSR count). The van der Waals surface area contributed by atoms with Crippen LogP contribution in [0.2, 0.25) is 0 Å². The van der Waals surface area contributed by atoms with Gasteiger partial charge in [0, 0.05) is 24.1 Å². The highest BCUT2D eigenvalue weighted by Gasteiger charge is 2.58. The number of piperidine rings is 1. The van der Waals surface area contributed by atoms with Gasteiger partial charge >= 0.3 is 0 Å². The molecule has 2 aliphatic rings. The molecule has 0 radical (unpaired) electrons. The molecule has 2 fully saturated rings. The van der Waals surface area contributed by atoms with Gasteiger partial charge in [0.15, 0.2) is 0 Å². The molecule has 0 aromatic heterocycles. The third-order valence-electron chi connectivity index (χ3n) is 4.09. The number of carbonyl (C=O) groups excluding carboxylic acids is 2. The van der Waals surface area contributed by atoms with E-state index in [9.17, 15) is 9.59 Å². The average molecular weight is 277 g/mol. The topological polar surface area (TPSA) is 70.6 Å². The average Bonchev–Trinajstić information content (AvgIpc) is 2.89. The van der Waals surface area contributed by atoms with Crippen LogP contribution in [0.3, 0.4) is 0 Å². The van der Waals surface area contributed by atoms with Crippen LogP contribution in [-0.4, -0.2) is 36.2 Å². The van der Waals surface area contributed by atoms with Crippen LogP contribution in [0, 0.1) is 5.41 Å². The molecular weight excluding hydrogens is 254 g/mol. The smallest absolute Gasteiger partial charge is 0.243 e. The fourth-order valence-corrected chi connectivity index (χ4v) is 2.60. The zero-order valence-electron chi connectivity index (χ0n) is 12.3. The van der Waals surface area contributed by atoms with Gasteiger partial charge in [-0.3, -0.25) is 19.9 Å². The third-order valence-corrected chi connectivity index (χ3v) is 4.09. The van der Waals surface area contributed by atoms with E-state index in [1.165, 1.54) is 0 Å². The van der Waals surface area contributed by atoms with Crippen molar-refractivity contribution < 1.29 is 9.59 Å². The third kappa shape index (κ3) is 3.15. The molecule has 0 aromatic rings. The van der Waals surface area contributed by atoms with Crippen LogP contribution in [0.4, 0.5) is 0 Å². The summed E-state index contributed by atoms with van der Waals surface area (Å²) in [5.74, 6) is -0.389. The molecule has 0 aromatic carbocycles. The largest absolute Gasteiger partial charge is 0.300 e. The van der Waals surface area contributed by atoms with Crippen LogP contribution >= 0.6 is 0 Å². The predicted octanol–water partition coefficient (Wildman–Crippen LogP) is 1.20. The molecule has 5 heteroatoms. The van der Waals surface area contributed by atoms with Gasteiger partial charge < -0.3 is 5.32 Å². The Bertz CT molecular complexity index is 454. The van der Waals surface area contributed by atoms with Gasteiger partial charge in [-0.2, -0.15) is 0 Å². The second kappa shape index (κ2) is 5.87.